The lowest BCUT2D eigenvalue weighted by Crippen LogP contribution is -2.03. The quantitative estimate of drug-likeness (QED) is 0.513. The minimum Gasteiger partial charge on any atom is -0.297 e. The molecule has 1 rings (SSSR count). The van der Waals surface area contributed by atoms with Gasteiger partial charge in [0.15, 0.2) is 5.78 Å². The molecule has 0 bridgehead atoms. The van der Waals surface area contributed by atoms with Crippen molar-refractivity contribution in [1.29, 1.82) is 0 Å². The van der Waals surface area contributed by atoms with E-state index in [-0.39, 0.29) is 22.6 Å². The number of thiol groups is 1. The van der Waals surface area contributed by atoms with Gasteiger partial charge in [-0.05, 0) is 10.8 Å². The molecule has 1 aliphatic heterocycles. The molecule has 1 nitrogen and oxygen atoms in total. The third-order valence-electron chi connectivity index (χ3n) is 1.17. The highest BCUT2D eigenvalue weighted by Crippen LogP contribution is 2.32. The second-order valence-electron chi connectivity index (χ2n) is 2.03. The topological polar surface area (TPSA) is 17.1 Å². The minimum absolute atomic E-state index is 0.143. The normalized spacial score (nSPS) is 18.3. The predicted octanol–water partition coefficient (Wildman–Crippen LogP) is 1.84. The maximum atomic E-state index is 10.8. The number of hydrogen-bond acceptors (Lipinski definition) is 1. The van der Waals surface area contributed by atoms with E-state index in [2.05, 4.69) is 10.8 Å². The van der Waals surface area contributed by atoms with Gasteiger partial charge in [0.1, 0.15) is 0 Å². The lowest BCUT2D eigenvalue weighted by Gasteiger charge is -2.05. The number of carbonyl (C=O) groups is 1. The standard InChI is InChI=1S/C7H9ClOS/c8-5-7(9)6-10-3-1-2-4-10/h1-4,10H,5-6H2. The number of rotatable bonds is 3. The summed E-state index contributed by atoms with van der Waals surface area (Å²) in [6.07, 6.45) is 3.96. The maximum absolute atomic E-state index is 10.8. The fraction of sp³-hybridized carbons (Fsp3) is 0.286. The lowest BCUT2D eigenvalue weighted by molar-refractivity contribution is -0.114. The molecule has 1 heterocycles. The van der Waals surface area contributed by atoms with Gasteiger partial charge in [-0.1, -0.05) is 12.2 Å². The Morgan fingerprint density at radius 3 is 2.50 bits per heavy atom. The van der Waals surface area contributed by atoms with E-state index in [1.807, 2.05) is 12.2 Å². The average molecular weight is 177 g/mol. The summed E-state index contributed by atoms with van der Waals surface area (Å²) in [6.45, 7) is 0. The molecule has 0 unspecified atom stereocenters. The van der Waals surface area contributed by atoms with Gasteiger partial charge >= 0.3 is 0 Å². The molecule has 56 valence electrons. The van der Waals surface area contributed by atoms with Crippen LogP contribution in [0.4, 0.5) is 0 Å². The average Bonchev–Trinajstić information content (AvgIpc) is 2.40. The summed E-state index contributed by atoms with van der Waals surface area (Å²) in [4.78, 5) is 10.8. The monoisotopic (exact) mass is 176 g/mol. The zero-order valence-corrected chi connectivity index (χ0v) is 7.11. The first-order chi connectivity index (χ1) is 4.83. The van der Waals surface area contributed by atoms with E-state index in [1.54, 1.807) is 0 Å². The lowest BCUT2D eigenvalue weighted by atomic mass is 10.5. The molecule has 0 saturated carbocycles. The molecule has 0 aromatic heterocycles. The summed E-state index contributed by atoms with van der Waals surface area (Å²) in [5.74, 6) is 0.913. The van der Waals surface area contributed by atoms with Crippen LogP contribution >= 0.6 is 22.5 Å². The highest BCUT2D eigenvalue weighted by atomic mass is 35.5. The van der Waals surface area contributed by atoms with Gasteiger partial charge in [0.25, 0.3) is 0 Å². The van der Waals surface area contributed by atoms with Crippen molar-refractivity contribution in [3.8, 4) is 0 Å². The number of Topliss-reactive ketones (excluding diaryl/α,β-unsaturated/α-hetero) is 1. The summed E-state index contributed by atoms with van der Waals surface area (Å²) < 4.78 is 0. The highest BCUT2D eigenvalue weighted by molar-refractivity contribution is 8.22. The number of ketones is 1. The number of halogens is 1. The fourth-order valence-electron chi connectivity index (χ4n) is 0.721. The molecule has 0 aromatic rings. The van der Waals surface area contributed by atoms with E-state index in [0.29, 0.717) is 5.75 Å². The second kappa shape index (κ2) is 3.84. The van der Waals surface area contributed by atoms with Crippen molar-refractivity contribution < 1.29 is 4.79 Å². The molecule has 1 aliphatic rings. The molecule has 0 aromatic carbocycles. The first-order valence-electron chi connectivity index (χ1n) is 3.01. The van der Waals surface area contributed by atoms with Crippen LogP contribution in [0.25, 0.3) is 0 Å². The van der Waals surface area contributed by atoms with E-state index in [0.717, 1.165) is 0 Å². The van der Waals surface area contributed by atoms with Crippen molar-refractivity contribution in [2.45, 2.75) is 0 Å². The van der Waals surface area contributed by atoms with Crippen LogP contribution in [0.2, 0.25) is 0 Å². The molecule has 0 saturated heterocycles. The van der Waals surface area contributed by atoms with Crippen LogP contribution in [0.15, 0.2) is 23.0 Å². The van der Waals surface area contributed by atoms with Crippen molar-refractivity contribution in [1.82, 2.24) is 0 Å². The van der Waals surface area contributed by atoms with Crippen LogP contribution in [-0.4, -0.2) is 17.4 Å². The van der Waals surface area contributed by atoms with E-state index in [9.17, 15) is 4.79 Å². The number of hydrogen-bond donors (Lipinski definition) is 1. The highest BCUT2D eigenvalue weighted by Gasteiger charge is 2.04. The Morgan fingerprint density at radius 1 is 1.40 bits per heavy atom. The molecule has 0 fully saturated rings. The van der Waals surface area contributed by atoms with Gasteiger partial charge in [-0.25, -0.2) is 10.9 Å². The van der Waals surface area contributed by atoms with Gasteiger partial charge < -0.3 is 0 Å². The Balaban J connectivity index is 2.32. The van der Waals surface area contributed by atoms with Gasteiger partial charge in [-0.2, -0.15) is 0 Å². The van der Waals surface area contributed by atoms with Gasteiger partial charge in [0.2, 0.25) is 0 Å². The largest absolute Gasteiger partial charge is 0.297 e. The Hall–Kier alpha value is -0.210. The van der Waals surface area contributed by atoms with E-state index in [4.69, 9.17) is 11.6 Å². The number of allylic oxidation sites excluding steroid dienone is 2. The van der Waals surface area contributed by atoms with Crippen molar-refractivity contribution in [3.05, 3.63) is 23.0 Å². The van der Waals surface area contributed by atoms with Crippen LogP contribution in [0.1, 0.15) is 0 Å². The third-order valence-corrected chi connectivity index (χ3v) is 3.30. The van der Waals surface area contributed by atoms with Crippen molar-refractivity contribution in [3.63, 3.8) is 0 Å². The Labute approximate surface area is 68.1 Å². The molecule has 0 amide bonds. The third kappa shape index (κ3) is 2.20. The molecular formula is C7H9ClOS. The molecule has 0 N–H and O–H groups in total. The molecule has 0 aliphatic carbocycles. The van der Waals surface area contributed by atoms with Gasteiger partial charge in [-0.15, -0.1) is 11.6 Å². The molecule has 0 spiro atoms. The van der Waals surface area contributed by atoms with Crippen molar-refractivity contribution in [2.75, 3.05) is 11.6 Å². The van der Waals surface area contributed by atoms with Crippen molar-refractivity contribution >= 4 is 28.3 Å². The van der Waals surface area contributed by atoms with E-state index in [1.165, 1.54) is 0 Å². The zero-order chi connectivity index (χ0) is 7.40. The van der Waals surface area contributed by atoms with Crippen LogP contribution < -0.4 is 0 Å². The molecule has 3 heteroatoms. The summed E-state index contributed by atoms with van der Waals surface area (Å²) in [5, 5.41) is 4.14. The Kier molecular flexibility index (Phi) is 3.03. The van der Waals surface area contributed by atoms with Gasteiger partial charge in [-0.3, -0.25) is 4.79 Å². The maximum Gasteiger partial charge on any atom is 0.156 e. The minimum atomic E-state index is -0.285. The van der Waals surface area contributed by atoms with Gasteiger partial charge in [0, 0.05) is 5.75 Å². The summed E-state index contributed by atoms with van der Waals surface area (Å²) >= 11 is 5.34. The van der Waals surface area contributed by atoms with Crippen LogP contribution in [-0.2, 0) is 4.79 Å². The first-order valence-corrected chi connectivity index (χ1v) is 5.21. The summed E-state index contributed by atoms with van der Waals surface area (Å²) in [5.41, 5.74) is 0. The first kappa shape index (κ1) is 7.89. The second-order valence-corrected chi connectivity index (χ2v) is 4.24. The Morgan fingerprint density at radius 2 is 2.00 bits per heavy atom. The summed E-state index contributed by atoms with van der Waals surface area (Å²) in [6, 6.07) is 0. The Bertz CT molecular complexity index is 174. The number of alkyl halides is 1. The van der Waals surface area contributed by atoms with Crippen LogP contribution in [0.3, 0.4) is 0 Å². The predicted molar refractivity (Wildman–Crippen MR) is 47.9 cm³/mol. The zero-order valence-electron chi connectivity index (χ0n) is 5.46. The van der Waals surface area contributed by atoms with E-state index < -0.39 is 0 Å². The fourth-order valence-corrected chi connectivity index (χ4v) is 2.42. The molecule has 10 heavy (non-hydrogen) atoms. The smallest absolute Gasteiger partial charge is 0.156 e. The molecule has 0 atom stereocenters. The molecular weight excluding hydrogens is 168 g/mol. The van der Waals surface area contributed by atoms with E-state index >= 15 is 0 Å². The van der Waals surface area contributed by atoms with Crippen LogP contribution in [0, 0.1) is 0 Å². The molecule has 0 radical (unpaired) electrons. The van der Waals surface area contributed by atoms with Crippen molar-refractivity contribution in [2.24, 2.45) is 0 Å². The number of carbonyl (C=O) groups excluding carboxylic acids is 1. The van der Waals surface area contributed by atoms with Crippen LogP contribution in [0.5, 0.6) is 0 Å². The summed E-state index contributed by atoms with van der Waals surface area (Å²) in [7, 11) is -0.285. The van der Waals surface area contributed by atoms with Gasteiger partial charge in [0.05, 0.1) is 5.88 Å². The SMILES string of the molecule is O=C(CCl)C[SH]1C=CC=C1.